The van der Waals surface area contributed by atoms with E-state index < -0.39 is 0 Å². The number of amides is 1. The summed E-state index contributed by atoms with van der Waals surface area (Å²) in [4.78, 5) is 36.3. The van der Waals surface area contributed by atoms with Gasteiger partial charge in [0.25, 0.3) is 5.91 Å². The molecular formula is C22H19FN6OS. The second kappa shape index (κ2) is 8.35. The highest BCUT2D eigenvalue weighted by atomic mass is 32.1. The maximum absolute atomic E-state index is 13.6. The van der Waals surface area contributed by atoms with E-state index in [1.165, 1.54) is 23.5 Å². The molecule has 4 aromatic rings. The van der Waals surface area contributed by atoms with E-state index in [0.29, 0.717) is 28.1 Å². The van der Waals surface area contributed by atoms with Gasteiger partial charge in [0, 0.05) is 24.5 Å². The van der Waals surface area contributed by atoms with Crippen molar-refractivity contribution in [3.05, 3.63) is 71.6 Å². The zero-order valence-corrected chi connectivity index (χ0v) is 17.3. The van der Waals surface area contributed by atoms with Crippen molar-refractivity contribution in [1.82, 2.24) is 29.8 Å². The van der Waals surface area contributed by atoms with E-state index in [-0.39, 0.29) is 17.8 Å². The number of carbonyl (C=O) groups is 1. The van der Waals surface area contributed by atoms with Crippen LogP contribution in [0.5, 0.6) is 0 Å². The molecule has 1 saturated heterocycles. The molecule has 9 heteroatoms. The summed E-state index contributed by atoms with van der Waals surface area (Å²) >= 11 is 1.29. The lowest BCUT2D eigenvalue weighted by Crippen LogP contribution is -2.38. The minimum absolute atomic E-state index is 0.0758. The molecule has 0 bridgehead atoms. The SMILES string of the molecule is O=C(c1cnc(-c2ncccn2)s1)N1CCCCC1c1ncc(-c2cccc(F)c2)[nH]1. The number of hydrogen-bond donors (Lipinski definition) is 1. The Morgan fingerprint density at radius 2 is 1.97 bits per heavy atom. The zero-order chi connectivity index (χ0) is 21.2. The molecule has 5 rings (SSSR count). The van der Waals surface area contributed by atoms with E-state index in [9.17, 15) is 9.18 Å². The van der Waals surface area contributed by atoms with Gasteiger partial charge in [-0.2, -0.15) is 0 Å². The number of rotatable bonds is 4. The number of aromatic amines is 1. The Morgan fingerprint density at radius 1 is 1.10 bits per heavy atom. The number of H-pyrrole nitrogens is 1. The van der Waals surface area contributed by atoms with Crippen LogP contribution < -0.4 is 0 Å². The summed E-state index contributed by atoms with van der Waals surface area (Å²) in [6.45, 7) is 0.647. The first-order valence-corrected chi connectivity index (χ1v) is 10.9. The maximum Gasteiger partial charge on any atom is 0.266 e. The molecule has 1 fully saturated rings. The highest BCUT2D eigenvalue weighted by Crippen LogP contribution is 2.33. The summed E-state index contributed by atoms with van der Waals surface area (Å²) < 4.78 is 13.6. The van der Waals surface area contributed by atoms with Crippen LogP contribution in [0.15, 0.2) is 55.1 Å². The summed E-state index contributed by atoms with van der Waals surface area (Å²) in [6, 6.07) is 7.94. The molecule has 4 heterocycles. The summed E-state index contributed by atoms with van der Waals surface area (Å²) in [5, 5.41) is 0.615. The molecule has 156 valence electrons. The molecular weight excluding hydrogens is 415 g/mol. The van der Waals surface area contributed by atoms with E-state index in [4.69, 9.17) is 0 Å². The number of nitrogens with zero attached hydrogens (tertiary/aromatic N) is 5. The fourth-order valence-electron chi connectivity index (χ4n) is 3.80. The average molecular weight is 435 g/mol. The Hall–Kier alpha value is -3.46. The van der Waals surface area contributed by atoms with E-state index in [0.717, 1.165) is 30.5 Å². The van der Waals surface area contributed by atoms with Crippen LogP contribution in [0.1, 0.15) is 40.8 Å². The molecule has 1 atom stereocenters. The molecule has 0 aliphatic carbocycles. The number of benzene rings is 1. The number of halogens is 1. The van der Waals surface area contributed by atoms with Crippen LogP contribution in [-0.2, 0) is 0 Å². The fourth-order valence-corrected chi connectivity index (χ4v) is 4.62. The lowest BCUT2D eigenvalue weighted by Gasteiger charge is -2.34. The van der Waals surface area contributed by atoms with E-state index >= 15 is 0 Å². The topological polar surface area (TPSA) is 87.7 Å². The van der Waals surface area contributed by atoms with Gasteiger partial charge in [-0.25, -0.2) is 24.3 Å². The first-order valence-electron chi connectivity index (χ1n) is 10.0. The first kappa shape index (κ1) is 19.5. The quantitative estimate of drug-likeness (QED) is 0.511. The van der Waals surface area contributed by atoms with Gasteiger partial charge in [-0.05, 0) is 37.5 Å². The number of imidazole rings is 1. The molecule has 31 heavy (non-hydrogen) atoms. The summed E-state index contributed by atoms with van der Waals surface area (Å²) in [5.41, 5.74) is 1.45. The maximum atomic E-state index is 13.6. The van der Waals surface area contributed by atoms with Gasteiger partial charge in [-0.3, -0.25) is 4.79 Å². The van der Waals surface area contributed by atoms with E-state index in [2.05, 4.69) is 24.9 Å². The van der Waals surface area contributed by atoms with Gasteiger partial charge in [0.05, 0.1) is 24.1 Å². The highest BCUT2D eigenvalue weighted by Gasteiger charge is 2.32. The van der Waals surface area contributed by atoms with Crippen molar-refractivity contribution in [2.45, 2.75) is 25.3 Å². The van der Waals surface area contributed by atoms with Crippen LogP contribution >= 0.6 is 11.3 Å². The summed E-state index contributed by atoms with van der Waals surface area (Å²) in [7, 11) is 0. The van der Waals surface area contributed by atoms with Gasteiger partial charge < -0.3 is 9.88 Å². The number of carbonyl (C=O) groups excluding carboxylic acids is 1. The van der Waals surface area contributed by atoms with Gasteiger partial charge in [0.2, 0.25) is 0 Å². The van der Waals surface area contributed by atoms with Crippen LogP contribution in [0.3, 0.4) is 0 Å². The molecule has 1 unspecified atom stereocenters. The standard InChI is InChI=1S/C22H19FN6OS/c23-15-6-3-5-14(11-15)16-12-26-19(28-16)17-7-1-2-10-29(17)22(30)18-13-27-21(31-18)20-24-8-4-9-25-20/h3-6,8-9,11-13,17H,1-2,7,10H2,(H,26,28). The second-order valence-electron chi connectivity index (χ2n) is 7.30. The lowest BCUT2D eigenvalue weighted by atomic mass is 10.0. The van der Waals surface area contributed by atoms with Gasteiger partial charge >= 0.3 is 0 Å². The largest absolute Gasteiger partial charge is 0.340 e. The molecule has 0 saturated carbocycles. The van der Waals surface area contributed by atoms with Crippen molar-refractivity contribution in [3.63, 3.8) is 0 Å². The van der Waals surface area contributed by atoms with Crippen LogP contribution in [-0.4, -0.2) is 42.3 Å². The first-order chi connectivity index (χ1) is 15.2. The van der Waals surface area contributed by atoms with Gasteiger partial charge in [-0.15, -0.1) is 11.3 Å². The second-order valence-corrected chi connectivity index (χ2v) is 8.34. The van der Waals surface area contributed by atoms with Crippen molar-refractivity contribution in [1.29, 1.82) is 0 Å². The van der Waals surface area contributed by atoms with Crippen molar-refractivity contribution in [3.8, 4) is 22.1 Å². The third kappa shape index (κ3) is 3.96. The predicted molar refractivity (Wildman–Crippen MR) is 115 cm³/mol. The van der Waals surface area contributed by atoms with Crippen LogP contribution in [0, 0.1) is 5.82 Å². The van der Waals surface area contributed by atoms with Crippen LogP contribution in [0.25, 0.3) is 22.1 Å². The third-order valence-corrected chi connectivity index (χ3v) is 6.27. The Bertz CT molecular complexity index is 1210. The number of piperidine rings is 1. The lowest BCUT2D eigenvalue weighted by molar-refractivity contribution is 0.0606. The van der Waals surface area contributed by atoms with Crippen molar-refractivity contribution < 1.29 is 9.18 Å². The Balaban J connectivity index is 1.40. The molecule has 1 aliphatic heterocycles. The van der Waals surface area contributed by atoms with Crippen molar-refractivity contribution in [2.24, 2.45) is 0 Å². The Labute approximate surface area is 182 Å². The number of aromatic nitrogens is 5. The number of hydrogen-bond acceptors (Lipinski definition) is 6. The van der Waals surface area contributed by atoms with E-state index in [1.807, 2.05) is 11.0 Å². The molecule has 1 aliphatic rings. The smallest absolute Gasteiger partial charge is 0.266 e. The monoisotopic (exact) mass is 434 g/mol. The molecule has 0 radical (unpaired) electrons. The Kier molecular flexibility index (Phi) is 5.25. The predicted octanol–water partition coefficient (Wildman–Crippen LogP) is 4.50. The highest BCUT2D eigenvalue weighted by molar-refractivity contribution is 7.16. The summed E-state index contributed by atoms with van der Waals surface area (Å²) in [5.74, 6) is 0.843. The average Bonchev–Trinajstić information content (AvgIpc) is 3.50. The fraction of sp³-hybridized carbons (Fsp3) is 0.227. The zero-order valence-electron chi connectivity index (χ0n) is 16.5. The number of likely N-dealkylation sites (tertiary alicyclic amines) is 1. The molecule has 0 spiro atoms. The van der Waals surface area contributed by atoms with Crippen molar-refractivity contribution >= 4 is 17.2 Å². The third-order valence-electron chi connectivity index (χ3n) is 5.28. The molecule has 1 aromatic carbocycles. The molecule has 3 aromatic heterocycles. The molecule has 1 N–H and O–H groups in total. The van der Waals surface area contributed by atoms with Gasteiger partial charge in [0.15, 0.2) is 10.8 Å². The van der Waals surface area contributed by atoms with Crippen LogP contribution in [0.4, 0.5) is 4.39 Å². The minimum atomic E-state index is -0.300. The van der Waals surface area contributed by atoms with Gasteiger partial charge in [0.1, 0.15) is 16.5 Å². The van der Waals surface area contributed by atoms with Crippen molar-refractivity contribution in [2.75, 3.05) is 6.54 Å². The molecule has 7 nitrogen and oxygen atoms in total. The number of thiazole rings is 1. The Morgan fingerprint density at radius 3 is 2.81 bits per heavy atom. The van der Waals surface area contributed by atoms with Gasteiger partial charge in [-0.1, -0.05) is 12.1 Å². The van der Waals surface area contributed by atoms with E-state index in [1.54, 1.807) is 36.9 Å². The van der Waals surface area contributed by atoms with Crippen LogP contribution in [0.2, 0.25) is 0 Å². The normalized spacial score (nSPS) is 16.4. The minimum Gasteiger partial charge on any atom is -0.340 e. The summed E-state index contributed by atoms with van der Waals surface area (Å²) in [6.07, 6.45) is 9.35. The molecule has 1 amide bonds. The number of nitrogens with one attached hydrogen (secondary N) is 1.